The molecule has 0 fully saturated rings. The summed E-state index contributed by atoms with van der Waals surface area (Å²) in [4.78, 5) is 20.6. The van der Waals surface area contributed by atoms with Crippen molar-refractivity contribution in [3.8, 4) is 0 Å². The Hall–Kier alpha value is -1.72. The minimum atomic E-state index is 0.153. The van der Waals surface area contributed by atoms with E-state index in [9.17, 15) is 4.91 Å². The van der Waals surface area contributed by atoms with E-state index in [1.54, 1.807) is 0 Å². The van der Waals surface area contributed by atoms with E-state index in [1.165, 1.54) is 6.33 Å². The van der Waals surface area contributed by atoms with Crippen LogP contribution >= 0.6 is 0 Å². The first kappa shape index (κ1) is 6.02. The molecule has 0 atom stereocenters. The van der Waals surface area contributed by atoms with Crippen LogP contribution in [0.25, 0.3) is 0 Å². The average molecular weight is 151 g/mol. The maximum absolute atomic E-state index is 10.2. The van der Waals surface area contributed by atoms with Gasteiger partial charge in [-0.2, -0.15) is 0 Å². The predicted molar refractivity (Wildman–Crippen MR) is 39.4 cm³/mol. The Balaban J connectivity index is 2.52. The van der Waals surface area contributed by atoms with Gasteiger partial charge in [-0.25, -0.2) is 9.98 Å². The zero-order chi connectivity index (χ0) is 7.68. The Bertz CT molecular complexity index is 314. The number of hydrogen-bond donors (Lipinski definition) is 2. The summed E-state index contributed by atoms with van der Waals surface area (Å²) in [6.07, 6.45) is 1.49. The second-order valence-electron chi connectivity index (χ2n) is 2.03. The van der Waals surface area contributed by atoms with Gasteiger partial charge in [0.2, 0.25) is 5.84 Å². The number of imidazole rings is 1. The molecule has 6 heteroatoms. The first-order chi connectivity index (χ1) is 5.42. The van der Waals surface area contributed by atoms with Gasteiger partial charge in [0.05, 0.1) is 6.33 Å². The summed E-state index contributed by atoms with van der Waals surface area (Å²) in [5, 5.41) is 5.64. The lowest BCUT2D eigenvalue weighted by Crippen LogP contribution is -2.13. The Kier molecular flexibility index (Phi) is 1.18. The van der Waals surface area contributed by atoms with Crippen LogP contribution in [0.3, 0.4) is 0 Å². The van der Waals surface area contributed by atoms with Crippen molar-refractivity contribution in [1.29, 1.82) is 0 Å². The number of aromatic amines is 1. The highest BCUT2D eigenvalue weighted by Crippen LogP contribution is 2.14. The summed E-state index contributed by atoms with van der Waals surface area (Å²) in [5.41, 5.74) is 0.492. The standard InChI is InChI=1S/C5H5N5O/c11-10-5-3-4(7-1-6-3)8-2-9-5/h1,8H,2H2,(H,6,7). The molecule has 11 heavy (non-hydrogen) atoms. The summed E-state index contributed by atoms with van der Waals surface area (Å²) in [6, 6.07) is 0. The lowest BCUT2D eigenvalue weighted by Gasteiger charge is -2.07. The largest absolute Gasteiger partial charge is 0.351 e. The summed E-state index contributed by atoms with van der Waals surface area (Å²) in [6.45, 7) is 0.371. The Labute approximate surface area is 61.7 Å². The quantitative estimate of drug-likeness (QED) is 0.523. The molecule has 0 bridgehead atoms. The van der Waals surface area contributed by atoms with Gasteiger partial charge in [0.15, 0.2) is 5.69 Å². The molecule has 0 spiro atoms. The lowest BCUT2D eigenvalue weighted by molar-refractivity contribution is 1.08. The van der Waals surface area contributed by atoms with Crippen molar-refractivity contribution in [3.05, 3.63) is 16.9 Å². The number of nitrogens with one attached hydrogen (secondary N) is 2. The number of nitroso groups, excluding NO2 is 1. The van der Waals surface area contributed by atoms with E-state index in [4.69, 9.17) is 0 Å². The number of hydrogen-bond acceptors (Lipinski definition) is 5. The molecule has 0 amide bonds. The van der Waals surface area contributed by atoms with Gasteiger partial charge in [-0.05, 0) is 5.18 Å². The maximum atomic E-state index is 10.2. The van der Waals surface area contributed by atoms with Gasteiger partial charge in [0, 0.05) is 0 Å². The molecule has 6 nitrogen and oxygen atoms in total. The van der Waals surface area contributed by atoms with Crippen molar-refractivity contribution in [3.63, 3.8) is 0 Å². The topological polar surface area (TPSA) is 82.5 Å². The number of nitrogens with zero attached hydrogens (tertiary/aromatic N) is 3. The number of H-pyrrole nitrogens is 1. The highest BCUT2D eigenvalue weighted by atomic mass is 16.3. The van der Waals surface area contributed by atoms with Gasteiger partial charge >= 0.3 is 0 Å². The molecule has 0 aliphatic carbocycles. The molecular weight excluding hydrogens is 146 g/mol. The summed E-state index contributed by atoms with van der Waals surface area (Å²) in [7, 11) is 0. The number of amidine groups is 1. The summed E-state index contributed by atoms with van der Waals surface area (Å²) >= 11 is 0. The van der Waals surface area contributed by atoms with E-state index < -0.39 is 0 Å². The molecule has 1 aromatic rings. The van der Waals surface area contributed by atoms with E-state index in [0.717, 1.165) is 0 Å². The number of rotatable bonds is 0. The molecule has 0 radical (unpaired) electrons. The summed E-state index contributed by atoms with van der Waals surface area (Å²) in [5.74, 6) is 0.856. The van der Waals surface area contributed by atoms with E-state index >= 15 is 0 Å². The molecule has 0 saturated heterocycles. The Morgan fingerprint density at radius 1 is 1.64 bits per heavy atom. The molecule has 2 heterocycles. The molecule has 1 aliphatic rings. The number of fused-ring (bicyclic) bond motifs is 1. The Morgan fingerprint density at radius 2 is 2.55 bits per heavy atom. The maximum Gasteiger partial charge on any atom is 0.223 e. The van der Waals surface area contributed by atoms with Gasteiger partial charge in [-0.1, -0.05) is 0 Å². The van der Waals surface area contributed by atoms with Gasteiger partial charge < -0.3 is 10.3 Å². The number of anilines is 1. The molecule has 56 valence electrons. The minimum Gasteiger partial charge on any atom is -0.351 e. The molecule has 1 aliphatic heterocycles. The van der Waals surface area contributed by atoms with Gasteiger partial charge in [0.1, 0.15) is 12.5 Å². The van der Waals surface area contributed by atoms with E-state index in [-0.39, 0.29) is 5.84 Å². The van der Waals surface area contributed by atoms with Crippen LogP contribution in [0.1, 0.15) is 5.69 Å². The Morgan fingerprint density at radius 3 is 3.36 bits per heavy atom. The normalized spacial score (nSPS) is 14.7. The number of aliphatic imine (C=N–C) groups is 1. The number of aromatic nitrogens is 2. The van der Waals surface area contributed by atoms with Gasteiger partial charge in [-0.3, -0.25) is 0 Å². The van der Waals surface area contributed by atoms with Crippen LogP contribution in [-0.4, -0.2) is 22.5 Å². The third-order valence-electron chi connectivity index (χ3n) is 1.42. The van der Waals surface area contributed by atoms with E-state index in [2.05, 4.69) is 25.5 Å². The van der Waals surface area contributed by atoms with Crippen LogP contribution < -0.4 is 5.32 Å². The van der Waals surface area contributed by atoms with Crippen molar-refractivity contribution in [2.24, 2.45) is 10.2 Å². The smallest absolute Gasteiger partial charge is 0.223 e. The summed E-state index contributed by atoms with van der Waals surface area (Å²) < 4.78 is 0. The molecule has 2 rings (SSSR count). The van der Waals surface area contributed by atoms with Crippen molar-refractivity contribution in [2.75, 3.05) is 12.0 Å². The minimum absolute atomic E-state index is 0.153. The lowest BCUT2D eigenvalue weighted by atomic mass is 10.4. The van der Waals surface area contributed by atoms with Crippen LogP contribution in [0.4, 0.5) is 5.82 Å². The highest BCUT2D eigenvalue weighted by Gasteiger charge is 2.16. The molecule has 0 unspecified atom stereocenters. The monoisotopic (exact) mass is 151 g/mol. The predicted octanol–water partition coefficient (Wildman–Crippen LogP) is 0.306. The van der Waals surface area contributed by atoms with Crippen LogP contribution in [0, 0.1) is 4.91 Å². The fourth-order valence-electron chi connectivity index (χ4n) is 0.939. The molecule has 2 N–H and O–H groups in total. The second-order valence-corrected chi connectivity index (χ2v) is 2.03. The first-order valence-electron chi connectivity index (χ1n) is 3.07. The van der Waals surface area contributed by atoms with Crippen molar-refractivity contribution in [1.82, 2.24) is 9.97 Å². The first-order valence-corrected chi connectivity index (χ1v) is 3.07. The van der Waals surface area contributed by atoms with Crippen molar-refractivity contribution in [2.45, 2.75) is 0 Å². The van der Waals surface area contributed by atoms with Crippen molar-refractivity contribution < 1.29 is 0 Å². The molecular formula is C5H5N5O. The van der Waals surface area contributed by atoms with Crippen LogP contribution in [0.2, 0.25) is 0 Å². The van der Waals surface area contributed by atoms with Gasteiger partial charge in [0.25, 0.3) is 0 Å². The van der Waals surface area contributed by atoms with E-state index in [0.29, 0.717) is 18.2 Å². The van der Waals surface area contributed by atoms with Crippen LogP contribution in [-0.2, 0) is 0 Å². The third-order valence-corrected chi connectivity index (χ3v) is 1.42. The fraction of sp³-hybridized carbons (Fsp3) is 0.200. The van der Waals surface area contributed by atoms with E-state index in [1.807, 2.05) is 0 Å². The third kappa shape index (κ3) is 0.794. The van der Waals surface area contributed by atoms with Gasteiger partial charge in [-0.15, -0.1) is 4.91 Å². The molecule has 0 aromatic carbocycles. The fourth-order valence-corrected chi connectivity index (χ4v) is 0.939. The highest BCUT2D eigenvalue weighted by molar-refractivity contribution is 6.02. The zero-order valence-electron chi connectivity index (χ0n) is 5.53. The van der Waals surface area contributed by atoms with Crippen LogP contribution in [0.15, 0.2) is 16.5 Å². The molecule has 1 aromatic heterocycles. The molecule has 0 saturated carbocycles. The zero-order valence-corrected chi connectivity index (χ0v) is 5.53. The van der Waals surface area contributed by atoms with Crippen LogP contribution in [0.5, 0.6) is 0 Å². The average Bonchev–Trinajstić information content (AvgIpc) is 2.50. The second kappa shape index (κ2) is 2.15. The van der Waals surface area contributed by atoms with Crippen molar-refractivity contribution >= 4 is 11.7 Å². The SMILES string of the molecule is O=NC1=NCNc2[nH]cnc21.